The third-order valence-corrected chi connectivity index (χ3v) is 4.15. The standard InChI is InChI=1S/C14H18F2N2/c1-17-7-10-5-12(15)14(13(16)6-10)18-8-9-2-3-11(18)4-9/h5-6,9,11,17H,2-4,7-8H2,1H3. The summed E-state index contributed by atoms with van der Waals surface area (Å²) >= 11 is 0. The van der Waals surface area contributed by atoms with Crippen molar-refractivity contribution in [3.63, 3.8) is 0 Å². The van der Waals surface area contributed by atoms with Crippen molar-refractivity contribution in [2.75, 3.05) is 18.5 Å². The molecule has 0 amide bonds. The molecule has 0 radical (unpaired) electrons. The Kier molecular flexibility index (Phi) is 2.98. The molecule has 1 N–H and O–H groups in total. The average Bonchev–Trinajstić information content (AvgIpc) is 2.90. The molecule has 2 atom stereocenters. The molecule has 2 aliphatic rings. The van der Waals surface area contributed by atoms with E-state index in [0.29, 0.717) is 24.1 Å². The van der Waals surface area contributed by atoms with Crippen molar-refractivity contribution in [2.24, 2.45) is 5.92 Å². The molecule has 4 heteroatoms. The lowest BCUT2D eigenvalue weighted by molar-refractivity contribution is 0.519. The summed E-state index contributed by atoms with van der Waals surface area (Å²) in [6.45, 7) is 1.30. The quantitative estimate of drug-likeness (QED) is 0.889. The van der Waals surface area contributed by atoms with Crippen molar-refractivity contribution in [2.45, 2.75) is 31.8 Å². The van der Waals surface area contributed by atoms with Crippen molar-refractivity contribution in [1.82, 2.24) is 5.32 Å². The minimum atomic E-state index is -0.423. The minimum Gasteiger partial charge on any atom is -0.364 e. The summed E-state index contributed by atoms with van der Waals surface area (Å²) in [6, 6.07) is 3.23. The van der Waals surface area contributed by atoms with E-state index in [9.17, 15) is 8.78 Å². The molecule has 1 aromatic rings. The lowest BCUT2D eigenvalue weighted by Crippen LogP contribution is -2.33. The van der Waals surface area contributed by atoms with Crippen LogP contribution in [-0.4, -0.2) is 19.6 Å². The normalized spacial score (nSPS) is 26.1. The lowest BCUT2D eigenvalue weighted by atomic mass is 10.1. The van der Waals surface area contributed by atoms with Gasteiger partial charge in [0.1, 0.15) is 17.3 Å². The lowest BCUT2D eigenvalue weighted by Gasteiger charge is -2.30. The molecule has 1 heterocycles. The molecule has 2 fully saturated rings. The molecule has 18 heavy (non-hydrogen) atoms. The van der Waals surface area contributed by atoms with Gasteiger partial charge in [-0.15, -0.1) is 0 Å². The summed E-state index contributed by atoms with van der Waals surface area (Å²) in [6.07, 6.45) is 3.38. The summed E-state index contributed by atoms with van der Waals surface area (Å²) in [5, 5.41) is 2.91. The van der Waals surface area contributed by atoms with Gasteiger partial charge in [0.05, 0.1) is 0 Å². The molecule has 1 aromatic carbocycles. The Labute approximate surface area is 106 Å². The number of halogens is 2. The number of benzene rings is 1. The van der Waals surface area contributed by atoms with E-state index in [1.54, 1.807) is 7.05 Å². The topological polar surface area (TPSA) is 15.3 Å². The number of hydrogen-bond donors (Lipinski definition) is 1. The van der Waals surface area contributed by atoms with Crippen LogP contribution in [0.4, 0.5) is 14.5 Å². The fourth-order valence-electron chi connectivity index (χ4n) is 3.40. The minimum absolute atomic E-state index is 0.182. The monoisotopic (exact) mass is 252 g/mol. The largest absolute Gasteiger partial charge is 0.364 e. The summed E-state index contributed by atoms with van der Waals surface area (Å²) in [5.74, 6) is -0.216. The van der Waals surface area contributed by atoms with E-state index in [1.165, 1.54) is 18.6 Å². The molecule has 3 rings (SSSR count). The number of anilines is 1. The highest BCUT2D eigenvalue weighted by molar-refractivity contribution is 5.53. The maximum Gasteiger partial charge on any atom is 0.149 e. The first-order valence-electron chi connectivity index (χ1n) is 6.58. The molecule has 2 bridgehead atoms. The van der Waals surface area contributed by atoms with Crippen molar-refractivity contribution in [1.29, 1.82) is 0 Å². The van der Waals surface area contributed by atoms with E-state index in [2.05, 4.69) is 5.32 Å². The van der Waals surface area contributed by atoms with E-state index in [1.807, 2.05) is 4.90 Å². The van der Waals surface area contributed by atoms with Crippen molar-refractivity contribution < 1.29 is 8.78 Å². The molecule has 0 aromatic heterocycles. The molecule has 1 aliphatic carbocycles. The van der Waals surface area contributed by atoms with Crippen LogP contribution in [0.25, 0.3) is 0 Å². The van der Waals surface area contributed by atoms with Crippen molar-refractivity contribution in [3.8, 4) is 0 Å². The zero-order valence-corrected chi connectivity index (χ0v) is 10.5. The number of rotatable bonds is 3. The first kappa shape index (κ1) is 11.9. The van der Waals surface area contributed by atoms with Crippen LogP contribution in [0.5, 0.6) is 0 Å². The van der Waals surface area contributed by atoms with Gasteiger partial charge in [0.15, 0.2) is 0 Å². The van der Waals surface area contributed by atoms with E-state index in [-0.39, 0.29) is 5.69 Å². The Balaban J connectivity index is 1.92. The first-order chi connectivity index (χ1) is 8.69. The zero-order valence-electron chi connectivity index (χ0n) is 10.5. The molecular weight excluding hydrogens is 234 g/mol. The van der Waals surface area contributed by atoms with Crippen LogP contribution in [0.1, 0.15) is 24.8 Å². The van der Waals surface area contributed by atoms with Crippen molar-refractivity contribution in [3.05, 3.63) is 29.3 Å². The van der Waals surface area contributed by atoms with Crippen LogP contribution in [0, 0.1) is 17.6 Å². The van der Waals surface area contributed by atoms with Gasteiger partial charge in [0, 0.05) is 19.1 Å². The number of nitrogens with zero attached hydrogens (tertiary/aromatic N) is 1. The van der Waals surface area contributed by atoms with E-state index in [0.717, 1.165) is 19.4 Å². The van der Waals surface area contributed by atoms with Gasteiger partial charge in [-0.3, -0.25) is 0 Å². The van der Waals surface area contributed by atoms with Crippen molar-refractivity contribution >= 4 is 5.69 Å². The average molecular weight is 252 g/mol. The van der Waals surface area contributed by atoms with E-state index >= 15 is 0 Å². The van der Waals surface area contributed by atoms with Gasteiger partial charge in [0.25, 0.3) is 0 Å². The van der Waals surface area contributed by atoms with Gasteiger partial charge in [-0.05, 0) is 49.9 Å². The number of piperidine rings is 1. The predicted molar refractivity (Wildman–Crippen MR) is 67.6 cm³/mol. The SMILES string of the molecule is CNCc1cc(F)c(N2CC3CCC2C3)c(F)c1. The maximum absolute atomic E-state index is 14.1. The smallest absolute Gasteiger partial charge is 0.149 e. The second-order valence-corrected chi connectivity index (χ2v) is 5.42. The molecule has 1 saturated carbocycles. The second-order valence-electron chi connectivity index (χ2n) is 5.42. The van der Waals surface area contributed by atoms with Gasteiger partial charge in [-0.1, -0.05) is 0 Å². The summed E-state index contributed by atoms with van der Waals surface area (Å²) in [5.41, 5.74) is 0.836. The van der Waals surface area contributed by atoms with Gasteiger partial charge < -0.3 is 10.2 Å². The Morgan fingerprint density at radius 3 is 2.50 bits per heavy atom. The van der Waals surface area contributed by atoms with Gasteiger partial charge in [0.2, 0.25) is 0 Å². The van der Waals surface area contributed by atoms with E-state index < -0.39 is 11.6 Å². The molecule has 1 saturated heterocycles. The predicted octanol–water partition coefficient (Wildman–Crippen LogP) is 2.67. The number of fused-ring (bicyclic) bond motifs is 2. The van der Waals surface area contributed by atoms with Gasteiger partial charge in [-0.2, -0.15) is 0 Å². The van der Waals surface area contributed by atoms with Crippen LogP contribution < -0.4 is 10.2 Å². The fraction of sp³-hybridized carbons (Fsp3) is 0.571. The third kappa shape index (κ3) is 1.88. The fourth-order valence-corrected chi connectivity index (χ4v) is 3.40. The highest BCUT2D eigenvalue weighted by Gasteiger charge is 2.39. The molecule has 2 unspecified atom stereocenters. The van der Waals surface area contributed by atoms with Crippen LogP contribution in [0.2, 0.25) is 0 Å². The molecule has 2 nitrogen and oxygen atoms in total. The van der Waals surface area contributed by atoms with Gasteiger partial charge in [-0.25, -0.2) is 8.78 Å². The molecular formula is C14H18F2N2. The van der Waals surface area contributed by atoms with Crippen LogP contribution in [0.3, 0.4) is 0 Å². The highest BCUT2D eigenvalue weighted by Crippen LogP contribution is 2.41. The van der Waals surface area contributed by atoms with Crippen LogP contribution in [-0.2, 0) is 6.54 Å². The molecule has 98 valence electrons. The second kappa shape index (κ2) is 4.50. The Morgan fingerprint density at radius 1 is 1.28 bits per heavy atom. The van der Waals surface area contributed by atoms with Gasteiger partial charge >= 0.3 is 0 Å². The number of nitrogens with one attached hydrogen (secondary N) is 1. The zero-order chi connectivity index (χ0) is 12.7. The maximum atomic E-state index is 14.1. The highest BCUT2D eigenvalue weighted by atomic mass is 19.1. The first-order valence-corrected chi connectivity index (χ1v) is 6.58. The molecule has 0 spiro atoms. The molecule has 1 aliphatic heterocycles. The van der Waals surface area contributed by atoms with Crippen LogP contribution >= 0.6 is 0 Å². The summed E-state index contributed by atoms with van der Waals surface area (Å²) in [4.78, 5) is 1.93. The Hall–Kier alpha value is -1.16. The number of hydrogen-bond acceptors (Lipinski definition) is 2. The Morgan fingerprint density at radius 2 is 2.00 bits per heavy atom. The van der Waals surface area contributed by atoms with Crippen LogP contribution in [0.15, 0.2) is 12.1 Å². The summed E-state index contributed by atoms with van der Waals surface area (Å²) in [7, 11) is 1.77. The summed E-state index contributed by atoms with van der Waals surface area (Å²) < 4.78 is 28.2. The third-order valence-electron chi connectivity index (χ3n) is 4.15. The van der Waals surface area contributed by atoms with E-state index in [4.69, 9.17) is 0 Å². The Bertz CT molecular complexity index is 438.